The molecule has 1 aliphatic rings. The van der Waals surface area contributed by atoms with Gasteiger partial charge in [0.1, 0.15) is 0 Å². The van der Waals surface area contributed by atoms with Crippen LogP contribution in [0.15, 0.2) is 23.1 Å². The van der Waals surface area contributed by atoms with E-state index in [1.165, 1.54) is 24.2 Å². The van der Waals surface area contributed by atoms with Crippen molar-refractivity contribution in [1.82, 2.24) is 5.32 Å². The highest BCUT2D eigenvalue weighted by molar-refractivity contribution is 7.99. The molecule has 1 N–H and O–H groups in total. The normalized spacial score (nSPS) is 16.1. The maximum Gasteiger partial charge on any atom is 0.0133 e. The Labute approximate surface area is 103 Å². The highest BCUT2D eigenvalue weighted by Crippen LogP contribution is 2.27. The molecule has 0 amide bonds. The van der Waals surface area contributed by atoms with Crippen molar-refractivity contribution in [3.8, 4) is 0 Å². The maximum absolute atomic E-state index is 3.45. The first kappa shape index (κ1) is 12.0. The molecule has 1 nitrogen and oxygen atoms in total. The Morgan fingerprint density at radius 3 is 2.94 bits per heavy atom. The van der Waals surface area contributed by atoms with Gasteiger partial charge in [0.15, 0.2) is 0 Å². The summed E-state index contributed by atoms with van der Waals surface area (Å²) in [6.07, 6.45) is 3.91. The molecule has 0 saturated heterocycles. The van der Waals surface area contributed by atoms with Crippen LogP contribution in [0.25, 0.3) is 0 Å². The van der Waals surface area contributed by atoms with Crippen LogP contribution in [0.2, 0.25) is 0 Å². The van der Waals surface area contributed by atoms with Crippen molar-refractivity contribution in [1.29, 1.82) is 0 Å². The van der Waals surface area contributed by atoms with Gasteiger partial charge in [0.2, 0.25) is 0 Å². The van der Waals surface area contributed by atoms with Crippen LogP contribution < -0.4 is 5.32 Å². The first-order valence-corrected chi connectivity index (χ1v) is 7.26. The topological polar surface area (TPSA) is 12.0 Å². The Balaban J connectivity index is 1.90. The molecule has 1 aromatic carbocycles. The van der Waals surface area contributed by atoms with E-state index in [0.29, 0.717) is 6.04 Å². The molecule has 1 aliphatic carbocycles. The Morgan fingerprint density at radius 2 is 2.12 bits per heavy atom. The summed E-state index contributed by atoms with van der Waals surface area (Å²) in [5.74, 6) is 1.16. The Bertz CT molecular complexity index is 349. The molecule has 0 spiro atoms. The van der Waals surface area contributed by atoms with E-state index >= 15 is 0 Å². The second-order valence-corrected chi connectivity index (χ2v) is 5.65. The predicted octanol–water partition coefficient (Wildman–Crippen LogP) is 3.27. The Hall–Kier alpha value is -0.470. The molecule has 0 bridgehead atoms. The third-order valence-electron chi connectivity index (χ3n) is 3.12. The summed E-state index contributed by atoms with van der Waals surface area (Å²) in [5.41, 5.74) is 3.16. The van der Waals surface area contributed by atoms with E-state index < -0.39 is 0 Å². The summed E-state index contributed by atoms with van der Waals surface area (Å²) in [6, 6.07) is 7.60. The average Bonchev–Trinajstić information content (AvgIpc) is 2.74. The third kappa shape index (κ3) is 3.02. The highest BCUT2D eigenvalue weighted by Gasteiger charge is 2.11. The van der Waals surface area contributed by atoms with Crippen molar-refractivity contribution >= 4 is 11.8 Å². The number of rotatable bonds is 5. The molecule has 0 radical (unpaired) electrons. The van der Waals surface area contributed by atoms with Crippen molar-refractivity contribution in [3.05, 3.63) is 29.3 Å². The van der Waals surface area contributed by atoms with Gasteiger partial charge in [-0.05, 0) is 56.0 Å². The van der Waals surface area contributed by atoms with E-state index in [-0.39, 0.29) is 0 Å². The van der Waals surface area contributed by atoms with Crippen molar-refractivity contribution in [3.63, 3.8) is 0 Å². The first-order valence-electron chi connectivity index (χ1n) is 6.27. The van der Waals surface area contributed by atoms with Crippen LogP contribution in [-0.2, 0) is 12.8 Å². The fourth-order valence-electron chi connectivity index (χ4n) is 2.27. The zero-order valence-electron chi connectivity index (χ0n) is 10.3. The molecule has 1 atom stereocenters. The molecule has 88 valence electrons. The van der Waals surface area contributed by atoms with Crippen LogP contribution in [0.4, 0.5) is 0 Å². The van der Waals surface area contributed by atoms with Crippen molar-refractivity contribution in [2.24, 2.45) is 0 Å². The lowest BCUT2D eigenvalue weighted by Gasteiger charge is -2.12. The van der Waals surface area contributed by atoms with E-state index in [2.05, 4.69) is 37.4 Å². The number of thioether (sulfide) groups is 1. The van der Waals surface area contributed by atoms with E-state index in [1.54, 1.807) is 11.1 Å². The summed E-state index contributed by atoms with van der Waals surface area (Å²) in [5, 5.41) is 3.45. The second kappa shape index (κ2) is 5.74. The Kier molecular flexibility index (Phi) is 4.30. The Morgan fingerprint density at radius 1 is 1.31 bits per heavy atom. The largest absolute Gasteiger partial charge is 0.314 e. The second-order valence-electron chi connectivity index (χ2n) is 4.55. The first-order chi connectivity index (χ1) is 7.79. The average molecular weight is 235 g/mol. The molecule has 0 heterocycles. The van der Waals surface area contributed by atoms with Crippen molar-refractivity contribution < 1.29 is 0 Å². The lowest BCUT2D eigenvalue weighted by molar-refractivity contribution is 0.620. The molecular formula is C14H21NS. The number of nitrogens with one attached hydrogen (secondary N) is 1. The summed E-state index contributed by atoms with van der Waals surface area (Å²) in [6.45, 7) is 5.48. The minimum absolute atomic E-state index is 0.600. The lowest BCUT2D eigenvalue weighted by Crippen LogP contribution is -2.27. The van der Waals surface area contributed by atoms with E-state index in [4.69, 9.17) is 0 Å². The molecule has 1 unspecified atom stereocenters. The van der Waals surface area contributed by atoms with Gasteiger partial charge in [-0.15, -0.1) is 11.8 Å². The van der Waals surface area contributed by atoms with E-state index in [9.17, 15) is 0 Å². The van der Waals surface area contributed by atoms with Gasteiger partial charge in [0, 0.05) is 16.7 Å². The van der Waals surface area contributed by atoms with Gasteiger partial charge in [-0.25, -0.2) is 0 Å². The maximum atomic E-state index is 3.45. The fraction of sp³-hybridized carbons (Fsp3) is 0.571. The van der Waals surface area contributed by atoms with Crippen LogP contribution in [0.5, 0.6) is 0 Å². The number of hydrogen-bond acceptors (Lipinski definition) is 2. The molecule has 0 saturated carbocycles. The fourth-order valence-corrected chi connectivity index (χ4v) is 3.22. The number of fused-ring (bicyclic) bond motifs is 1. The molecule has 2 heteroatoms. The van der Waals surface area contributed by atoms with Gasteiger partial charge in [-0.2, -0.15) is 0 Å². The lowest BCUT2D eigenvalue weighted by atomic mass is 10.1. The third-order valence-corrected chi connectivity index (χ3v) is 4.38. The molecule has 16 heavy (non-hydrogen) atoms. The highest BCUT2D eigenvalue weighted by atomic mass is 32.2. The minimum atomic E-state index is 0.600. The predicted molar refractivity (Wildman–Crippen MR) is 72.3 cm³/mol. The molecule has 0 aromatic heterocycles. The molecule has 2 rings (SSSR count). The number of hydrogen-bond donors (Lipinski definition) is 1. The summed E-state index contributed by atoms with van der Waals surface area (Å²) in [4.78, 5) is 1.44. The molecule has 0 aliphatic heterocycles. The molecule has 1 aromatic rings. The molecule has 0 fully saturated rings. The van der Waals surface area contributed by atoms with Gasteiger partial charge in [0.05, 0.1) is 0 Å². The van der Waals surface area contributed by atoms with E-state index in [1.807, 2.05) is 11.8 Å². The summed E-state index contributed by atoms with van der Waals surface area (Å²) in [7, 11) is 0. The molecular weight excluding hydrogens is 214 g/mol. The smallest absolute Gasteiger partial charge is 0.0133 e. The van der Waals surface area contributed by atoms with Gasteiger partial charge in [-0.1, -0.05) is 13.0 Å². The SMILES string of the molecule is CCNC(C)CSc1ccc2c(c1)CCC2. The van der Waals surface area contributed by atoms with Crippen LogP contribution in [0, 0.1) is 0 Å². The van der Waals surface area contributed by atoms with Gasteiger partial charge in [0.25, 0.3) is 0 Å². The summed E-state index contributed by atoms with van der Waals surface area (Å²) >= 11 is 1.97. The summed E-state index contributed by atoms with van der Waals surface area (Å²) < 4.78 is 0. The minimum Gasteiger partial charge on any atom is -0.314 e. The monoisotopic (exact) mass is 235 g/mol. The van der Waals surface area contributed by atoms with Crippen LogP contribution in [0.1, 0.15) is 31.4 Å². The zero-order chi connectivity index (χ0) is 11.4. The quantitative estimate of drug-likeness (QED) is 0.786. The van der Waals surface area contributed by atoms with Crippen LogP contribution >= 0.6 is 11.8 Å². The van der Waals surface area contributed by atoms with Gasteiger partial charge in [-0.3, -0.25) is 0 Å². The van der Waals surface area contributed by atoms with Crippen molar-refractivity contribution in [2.45, 2.75) is 44.0 Å². The van der Waals surface area contributed by atoms with Gasteiger partial charge >= 0.3 is 0 Å². The van der Waals surface area contributed by atoms with Crippen molar-refractivity contribution in [2.75, 3.05) is 12.3 Å². The van der Waals surface area contributed by atoms with Gasteiger partial charge < -0.3 is 5.32 Å². The number of benzene rings is 1. The van der Waals surface area contributed by atoms with Crippen LogP contribution in [0.3, 0.4) is 0 Å². The van der Waals surface area contributed by atoms with Crippen LogP contribution in [-0.4, -0.2) is 18.3 Å². The zero-order valence-corrected chi connectivity index (χ0v) is 11.1. The standard InChI is InChI=1S/C14H21NS/c1-3-15-11(2)10-16-14-8-7-12-5-4-6-13(12)9-14/h7-9,11,15H,3-6,10H2,1-2H3. The van der Waals surface area contributed by atoms with E-state index in [0.717, 1.165) is 12.3 Å². The number of aryl methyl sites for hydroxylation is 2.